The molecule has 1 heterocycles. The molecule has 1 aromatic carbocycles. The van der Waals surface area contributed by atoms with Gasteiger partial charge in [0, 0.05) is 31.7 Å². The molecule has 0 atom stereocenters. The monoisotopic (exact) mass is 288 g/mol. The molecule has 1 saturated heterocycles. The van der Waals surface area contributed by atoms with Gasteiger partial charge in [0.25, 0.3) is 0 Å². The Bertz CT molecular complexity index is 488. The standard InChI is InChI=1S/C16H24N4O/c1-3-17-16(18-4-2)19-12-13-7-9-14(10-8-13)20-11-5-6-15(20)21/h7-10H,3-6,11-12H2,1-2H3,(H2,17,18,19). The summed E-state index contributed by atoms with van der Waals surface area (Å²) in [5.74, 6) is 1.06. The van der Waals surface area contributed by atoms with E-state index in [0.717, 1.165) is 43.3 Å². The Balaban J connectivity index is 1.98. The summed E-state index contributed by atoms with van der Waals surface area (Å²) in [5.41, 5.74) is 2.13. The van der Waals surface area contributed by atoms with Gasteiger partial charge in [-0.2, -0.15) is 0 Å². The molecule has 1 fully saturated rings. The highest BCUT2D eigenvalue weighted by atomic mass is 16.2. The first-order valence-electron chi connectivity index (χ1n) is 7.66. The molecule has 0 aliphatic carbocycles. The molecule has 5 nitrogen and oxygen atoms in total. The highest BCUT2D eigenvalue weighted by Crippen LogP contribution is 2.21. The van der Waals surface area contributed by atoms with Gasteiger partial charge in [0.2, 0.25) is 5.91 Å². The summed E-state index contributed by atoms with van der Waals surface area (Å²) < 4.78 is 0. The summed E-state index contributed by atoms with van der Waals surface area (Å²) in [6, 6.07) is 8.10. The highest BCUT2D eigenvalue weighted by Gasteiger charge is 2.21. The van der Waals surface area contributed by atoms with Crippen LogP contribution in [0.3, 0.4) is 0 Å². The van der Waals surface area contributed by atoms with Crippen molar-refractivity contribution in [1.29, 1.82) is 0 Å². The van der Waals surface area contributed by atoms with E-state index in [9.17, 15) is 4.79 Å². The van der Waals surface area contributed by atoms with Gasteiger partial charge >= 0.3 is 0 Å². The Morgan fingerprint density at radius 3 is 2.38 bits per heavy atom. The molecule has 0 bridgehead atoms. The lowest BCUT2D eigenvalue weighted by Crippen LogP contribution is -2.36. The summed E-state index contributed by atoms with van der Waals surface area (Å²) in [4.78, 5) is 18.1. The van der Waals surface area contributed by atoms with Gasteiger partial charge in [-0.1, -0.05) is 12.1 Å². The van der Waals surface area contributed by atoms with Crippen molar-refractivity contribution < 1.29 is 4.79 Å². The summed E-state index contributed by atoms with van der Waals surface area (Å²) >= 11 is 0. The second kappa shape index (κ2) is 7.67. The van der Waals surface area contributed by atoms with E-state index in [1.807, 2.05) is 29.2 Å². The van der Waals surface area contributed by atoms with E-state index in [2.05, 4.69) is 29.5 Å². The molecule has 1 amide bonds. The summed E-state index contributed by atoms with van der Waals surface area (Å²) in [6.07, 6.45) is 1.63. The third-order valence-electron chi connectivity index (χ3n) is 3.43. The number of nitrogens with zero attached hydrogens (tertiary/aromatic N) is 2. The van der Waals surface area contributed by atoms with Gasteiger partial charge < -0.3 is 15.5 Å². The first-order chi connectivity index (χ1) is 10.2. The first kappa shape index (κ1) is 15.4. The maximum Gasteiger partial charge on any atom is 0.227 e. The third kappa shape index (κ3) is 4.21. The quantitative estimate of drug-likeness (QED) is 0.642. The van der Waals surface area contributed by atoms with Crippen LogP contribution in [-0.2, 0) is 11.3 Å². The maximum atomic E-state index is 11.7. The van der Waals surface area contributed by atoms with Gasteiger partial charge in [-0.15, -0.1) is 0 Å². The molecule has 0 aromatic heterocycles. The van der Waals surface area contributed by atoms with Gasteiger partial charge in [-0.25, -0.2) is 4.99 Å². The lowest BCUT2D eigenvalue weighted by molar-refractivity contribution is -0.117. The number of benzene rings is 1. The molecule has 1 aromatic rings. The Hall–Kier alpha value is -2.04. The largest absolute Gasteiger partial charge is 0.357 e. The van der Waals surface area contributed by atoms with Crippen molar-refractivity contribution >= 4 is 17.6 Å². The SMILES string of the molecule is CCNC(=NCc1ccc(N2CCCC2=O)cc1)NCC. The zero-order chi connectivity index (χ0) is 15.1. The molecule has 2 rings (SSSR count). The van der Waals surface area contributed by atoms with Gasteiger partial charge in [-0.3, -0.25) is 4.79 Å². The zero-order valence-corrected chi connectivity index (χ0v) is 12.9. The normalized spacial score (nSPS) is 14.2. The van der Waals surface area contributed by atoms with Crippen molar-refractivity contribution in [3.63, 3.8) is 0 Å². The molecule has 0 saturated carbocycles. The van der Waals surface area contributed by atoms with E-state index in [1.165, 1.54) is 0 Å². The van der Waals surface area contributed by atoms with Crippen LogP contribution >= 0.6 is 0 Å². The predicted molar refractivity (Wildman–Crippen MR) is 86.5 cm³/mol. The van der Waals surface area contributed by atoms with Crippen molar-refractivity contribution in [2.24, 2.45) is 4.99 Å². The van der Waals surface area contributed by atoms with E-state index >= 15 is 0 Å². The Kier molecular flexibility index (Phi) is 5.60. The molecule has 0 unspecified atom stereocenters. The van der Waals surface area contributed by atoms with Crippen LogP contribution in [0.1, 0.15) is 32.3 Å². The van der Waals surface area contributed by atoms with Crippen LogP contribution in [0, 0.1) is 0 Å². The van der Waals surface area contributed by atoms with Crippen LogP contribution in [0.5, 0.6) is 0 Å². The molecule has 0 spiro atoms. The zero-order valence-electron chi connectivity index (χ0n) is 12.9. The number of carbonyl (C=O) groups excluding carboxylic acids is 1. The fourth-order valence-electron chi connectivity index (χ4n) is 2.38. The minimum Gasteiger partial charge on any atom is -0.357 e. The topological polar surface area (TPSA) is 56.7 Å². The van der Waals surface area contributed by atoms with Crippen LogP contribution in [0.15, 0.2) is 29.3 Å². The average Bonchev–Trinajstić information content (AvgIpc) is 2.92. The van der Waals surface area contributed by atoms with E-state index < -0.39 is 0 Å². The van der Waals surface area contributed by atoms with Crippen molar-refractivity contribution in [1.82, 2.24) is 10.6 Å². The van der Waals surface area contributed by atoms with E-state index in [0.29, 0.717) is 13.0 Å². The molecule has 5 heteroatoms. The Morgan fingerprint density at radius 2 is 1.86 bits per heavy atom. The van der Waals surface area contributed by atoms with Crippen LogP contribution in [0.2, 0.25) is 0 Å². The number of amides is 1. The number of nitrogens with one attached hydrogen (secondary N) is 2. The highest BCUT2D eigenvalue weighted by molar-refractivity contribution is 5.95. The molecule has 21 heavy (non-hydrogen) atoms. The third-order valence-corrected chi connectivity index (χ3v) is 3.43. The van der Waals surface area contributed by atoms with Crippen molar-refractivity contribution in [3.05, 3.63) is 29.8 Å². The Labute approximate surface area is 126 Å². The average molecular weight is 288 g/mol. The van der Waals surface area contributed by atoms with Crippen LogP contribution < -0.4 is 15.5 Å². The van der Waals surface area contributed by atoms with Crippen LogP contribution in [-0.4, -0.2) is 31.5 Å². The molecular weight excluding hydrogens is 264 g/mol. The Morgan fingerprint density at radius 1 is 1.19 bits per heavy atom. The van der Waals surface area contributed by atoms with Crippen molar-refractivity contribution in [3.8, 4) is 0 Å². The number of hydrogen-bond acceptors (Lipinski definition) is 2. The second-order valence-corrected chi connectivity index (χ2v) is 5.04. The summed E-state index contributed by atoms with van der Waals surface area (Å²) in [6.45, 7) is 7.26. The van der Waals surface area contributed by atoms with E-state index in [4.69, 9.17) is 0 Å². The predicted octanol–water partition coefficient (Wildman–Crippen LogP) is 1.89. The molecular formula is C16H24N4O. The van der Waals surface area contributed by atoms with Gasteiger partial charge in [0.15, 0.2) is 5.96 Å². The van der Waals surface area contributed by atoms with Gasteiger partial charge in [-0.05, 0) is 38.0 Å². The van der Waals surface area contributed by atoms with E-state index in [-0.39, 0.29) is 5.91 Å². The molecule has 1 aliphatic heterocycles. The number of carbonyl (C=O) groups is 1. The molecule has 0 radical (unpaired) electrons. The molecule has 2 N–H and O–H groups in total. The number of hydrogen-bond donors (Lipinski definition) is 2. The number of aliphatic imine (C=N–C) groups is 1. The van der Waals surface area contributed by atoms with Crippen molar-refractivity contribution in [2.45, 2.75) is 33.2 Å². The van der Waals surface area contributed by atoms with Crippen LogP contribution in [0.4, 0.5) is 5.69 Å². The maximum absolute atomic E-state index is 11.7. The van der Waals surface area contributed by atoms with Gasteiger partial charge in [0.1, 0.15) is 0 Å². The lowest BCUT2D eigenvalue weighted by Gasteiger charge is -2.15. The van der Waals surface area contributed by atoms with Gasteiger partial charge in [0.05, 0.1) is 6.54 Å². The molecule has 1 aliphatic rings. The lowest BCUT2D eigenvalue weighted by atomic mass is 10.2. The molecule has 114 valence electrons. The second-order valence-electron chi connectivity index (χ2n) is 5.04. The first-order valence-corrected chi connectivity index (χ1v) is 7.66. The summed E-state index contributed by atoms with van der Waals surface area (Å²) in [7, 11) is 0. The van der Waals surface area contributed by atoms with E-state index in [1.54, 1.807) is 0 Å². The number of rotatable bonds is 5. The van der Waals surface area contributed by atoms with Crippen molar-refractivity contribution in [2.75, 3.05) is 24.5 Å². The van der Waals surface area contributed by atoms with Crippen LogP contribution in [0.25, 0.3) is 0 Å². The minimum atomic E-state index is 0.224. The smallest absolute Gasteiger partial charge is 0.227 e. The minimum absolute atomic E-state index is 0.224. The fourth-order valence-corrected chi connectivity index (χ4v) is 2.38. The number of guanidine groups is 1. The summed E-state index contributed by atoms with van der Waals surface area (Å²) in [5, 5.41) is 6.40. The fraction of sp³-hybridized carbons (Fsp3) is 0.500. The number of anilines is 1.